The number of hydrogen-bond acceptors (Lipinski definition) is 2. The number of rotatable bonds is 4. The molecular formula is C10H17NO. The van der Waals surface area contributed by atoms with Gasteiger partial charge < -0.3 is 0 Å². The molecule has 0 aliphatic heterocycles. The molecule has 0 heterocycles. The van der Waals surface area contributed by atoms with Crippen LogP contribution in [0.25, 0.3) is 0 Å². The molecule has 0 rings (SSSR count). The summed E-state index contributed by atoms with van der Waals surface area (Å²) in [5, 5.41) is 0. The lowest BCUT2D eigenvalue weighted by molar-refractivity contribution is 0.420. The molecule has 0 spiro atoms. The maximum atomic E-state index is 9.68. The molecule has 0 aromatic rings. The maximum absolute atomic E-state index is 9.68. The highest BCUT2D eigenvalue weighted by molar-refractivity contribution is 5.32. The Hall–Kier alpha value is -0.880. The molecule has 0 N–H and O–H groups in total. The van der Waals surface area contributed by atoms with Crippen molar-refractivity contribution in [3.05, 3.63) is 12.2 Å². The molecule has 0 amide bonds. The fraction of sp³-hybridized carbons (Fsp3) is 0.700. The summed E-state index contributed by atoms with van der Waals surface area (Å²) >= 11 is 0. The van der Waals surface area contributed by atoms with Gasteiger partial charge >= 0.3 is 0 Å². The molecule has 0 fully saturated rings. The van der Waals surface area contributed by atoms with Gasteiger partial charge in [0, 0.05) is 0 Å². The second-order valence-electron chi connectivity index (χ2n) is 4.00. The molecule has 0 aromatic carbocycles. The monoisotopic (exact) mass is 167 g/mol. The zero-order valence-electron chi connectivity index (χ0n) is 8.13. The third-order valence-corrected chi connectivity index (χ3v) is 1.37. The smallest absolute Gasteiger partial charge is 0.211 e. The van der Waals surface area contributed by atoms with Crippen molar-refractivity contribution in [2.45, 2.75) is 33.6 Å². The molecular weight excluding hydrogens is 150 g/mol. The first kappa shape index (κ1) is 11.1. The van der Waals surface area contributed by atoms with Crippen molar-refractivity contribution in [3.63, 3.8) is 0 Å². The minimum atomic E-state index is 0.352. The van der Waals surface area contributed by atoms with E-state index in [0.29, 0.717) is 12.0 Å². The predicted molar refractivity (Wildman–Crippen MR) is 50.8 cm³/mol. The fourth-order valence-corrected chi connectivity index (χ4v) is 0.739. The van der Waals surface area contributed by atoms with E-state index in [9.17, 15) is 4.79 Å². The van der Waals surface area contributed by atoms with Crippen LogP contribution in [0.1, 0.15) is 33.6 Å². The Balaban J connectivity index is 3.44. The molecule has 68 valence electrons. The molecule has 0 saturated carbocycles. The normalized spacial score (nSPS) is 11.6. The maximum Gasteiger partial charge on any atom is 0.234 e. The van der Waals surface area contributed by atoms with Crippen LogP contribution in [0, 0.1) is 5.41 Å². The molecule has 0 aliphatic rings. The van der Waals surface area contributed by atoms with Crippen LogP contribution in [0.5, 0.6) is 0 Å². The van der Waals surface area contributed by atoms with Gasteiger partial charge in [0.05, 0.1) is 6.54 Å². The topological polar surface area (TPSA) is 29.4 Å². The zero-order chi connectivity index (χ0) is 9.45. The summed E-state index contributed by atoms with van der Waals surface area (Å²) in [6.07, 6.45) is 7.62. The highest BCUT2D eigenvalue weighted by Gasteiger charge is 2.05. The molecule has 0 atom stereocenters. The Morgan fingerprint density at radius 1 is 1.33 bits per heavy atom. The third-order valence-electron chi connectivity index (χ3n) is 1.37. The predicted octanol–water partition coefficient (Wildman–Crippen LogP) is 2.70. The third kappa shape index (κ3) is 9.12. The number of nitrogens with zero attached hydrogens (tertiary/aromatic N) is 1. The van der Waals surface area contributed by atoms with E-state index in [2.05, 4.69) is 37.9 Å². The van der Waals surface area contributed by atoms with E-state index in [1.165, 1.54) is 6.08 Å². The first-order valence-electron chi connectivity index (χ1n) is 4.25. The molecule has 2 heteroatoms. The standard InChI is InChI=1S/C10H17NO/c1-10(2,3)7-5-4-6-8-11-9-12/h4-5H,6-8H2,1-3H3. The summed E-state index contributed by atoms with van der Waals surface area (Å²) in [6.45, 7) is 7.15. The van der Waals surface area contributed by atoms with Crippen LogP contribution >= 0.6 is 0 Å². The second-order valence-corrected chi connectivity index (χ2v) is 4.00. The van der Waals surface area contributed by atoms with Gasteiger partial charge in [-0.2, -0.15) is 0 Å². The van der Waals surface area contributed by atoms with E-state index in [1.807, 2.05) is 0 Å². The summed E-state index contributed by atoms with van der Waals surface area (Å²) in [7, 11) is 0. The van der Waals surface area contributed by atoms with Crippen LogP contribution in [-0.4, -0.2) is 12.6 Å². The number of aliphatic imine (C=N–C) groups is 1. The van der Waals surface area contributed by atoms with Crippen molar-refractivity contribution in [1.29, 1.82) is 0 Å². The van der Waals surface area contributed by atoms with Crippen LogP contribution in [0.2, 0.25) is 0 Å². The quantitative estimate of drug-likeness (QED) is 0.274. The molecule has 0 aromatic heterocycles. The molecule has 12 heavy (non-hydrogen) atoms. The molecule has 0 unspecified atom stereocenters. The molecule has 0 saturated heterocycles. The van der Waals surface area contributed by atoms with Gasteiger partial charge in [-0.05, 0) is 18.3 Å². The van der Waals surface area contributed by atoms with Crippen molar-refractivity contribution < 1.29 is 4.79 Å². The van der Waals surface area contributed by atoms with Gasteiger partial charge in [0.25, 0.3) is 0 Å². The summed E-state index contributed by atoms with van der Waals surface area (Å²) in [6, 6.07) is 0. The molecule has 0 bridgehead atoms. The van der Waals surface area contributed by atoms with Crippen molar-refractivity contribution in [1.82, 2.24) is 0 Å². The van der Waals surface area contributed by atoms with E-state index in [4.69, 9.17) is 0 Å². The fourth-order valence-electron chi connectivity index (χ4n) is 0.739. The zero-order valence-corrected chi connectivity index (χ0v) is 8.13. The van der Waals surface area contributed by atoms with E-state index in [0.717, 1.165) is 12.8 Å². The highest BCUT2D eigenvalue weighted by Crippen LogP contribution is 2.18. The van der Waals surface area contributed by atoms with Gasteiger partial charge in [0.1, 0.15) is 0 Å². The van der Waals surface area contributed by atoms with Gasteiger partial charge in [-0.1, -0.05) is 32.9 Å². The van der Waals surface area contributed by atoms with E-state index < -0.39 is 0 Å². The summed E-state index contributed by atoms with van der Waals surface area (Å²) in [5.74, 6) is 0. The lowest BCUT2D eigenvalue weighted by Crippen LogP contribution is -2.01. The largest absolute Gasteiger partial charge is 0.234 e. The van der Waals surface area contributed by atoms with Gasteiger partial charge in [-0.3, -0.25) is 0 Å². The molecule has 0 radical (unpaired) electrons. The average Bonchev–Trinajstić information content (AvgIpc) is 1.94. The van der Waals surface area contributed by atoms with Gasteiger partial charge in [0.15, 0.2) is 0 Å². The van der Waals surface area contributed by atoms with Crippen LogP contribution in [0.15, 0.2) is 17.1 Å². The van der Waals surface area contributed by atoms with Crippen LogP contribution < -0.4 is 0 Å². The van der Waals surface area contributed by atoms with E-state index in [1.54, 1.807) is 0 Å². The van der Waals surface area contributed by atoms with Gasteiger partial charge in [0.2, 0.25) is 6.08 Å². The first-order chi connectivity index (χ1) is 5.56. The summed E-state index contributed by atoms with van der Waals surface area (Å²) in [4.78, 5) is 13.1. The van der Waals surface area contributed by atoms with E-state index >= 15 is 0 Å². The first-order valence-corrected chi connectivity index (χ1v) is 4.25. The summed E-state index contributed by atoms with van der Waals surface area (Å²) in [5.41, 5.74) is 0.352. The number of carbonyl (C=O) groups excluding carboxylic acids is 1. The Morgan fingerprint density at radius 3 is 2.50 bits per heavy atom. The Bertz CT molecular complexity index is 183. The number of hydrogen-bond donors (Lipinski definition) is 0. The molecule has 0 aliphatic carbocycles. The minimum Gasteiger partial charge on any atom is -0.211 e. The van der Waals surface area contributed by atoms with E-state index in [-0.39, 0.29) is 0 Å². The average molecular weight is 167 g/mol. The van der Waals surface area contributed by atoms with Crippen molar-refractivity contribution in [2.24, 2.45) is 10.4 Å². The Labute approximate surface area is 74.4 Å². The number of isocyanates is 1. The highest BCUT2D eigenvalue weighted by atomic mass is 16.1. The van der Waals surface area contributed by atoms with Crippen molar-refractivity contribution in [2.75, 3.05) is 6.54 Å². The van der Waals surface area contributed by atoms with Crippen LogP contribution in [-0.2, 0) is 4.79 Å². The number of allylic oxidation sites excluding steroid dienone is 1. The molecule has 2 nitrogen and oxygen atoms in total. The Morgan fingerprint density at radius 2 is 2.00 bits per heavy atom. The van der Waals surface area contributed by atoms with Crippen LogP contribution in [0.3, 0.4) is 0 Å². The lowest BCUT2D eigenvalue weighted by atomic mass is 9.92. The minimum absolute atomic E-state index is 0.352. The Kier molecular flexibility index (Phi) is 5.31. The SMILES string of the molecule is CC(C)(C)CC=CCCN=C=O. The van der Waals surface area contributed by atoms with Gasteiger partial charge in [-0.25, -0.2) is 9.79 Å². The van der Waals surface area contributed by atoms with Crippen molar-refractivity contribution in [3.8, 4) is 0 Å². The van der Waals surface area contributed by atoms with Gasteiger partial charge in [-0.15, -0.1) is 0 Å². The summed E-state index contributed by atoms with van der Waals surface area (Å²) < 4.78 is 0. The van der Waals surface area contributed by atoms with Crippen LogP contribution in [0.4, 0.5) is 0 Å². The second kappa shape index (κ2) is 5.73. The lowest BCUT2D eigenvalue weighted by Gasteiger charge is -2.14. The van der Waals surface area contributed by atoms with Crippen molar-refractivity contribution >= 4 is 6.08 Å².